The second kappa shape index (κ2) is 7.40. The predicted molar refractivity (Wildman–Crippen MR) is 87.9 cm³/mol. The summed E-state index contributed by atoms with van der Waals surface area (Å²) in [4.78, 5) is 23.4. The second-order valence-corrected chi connectivity index (χ2v) is 6.61. The van der Waals surface area contributed by atoms with E-state index in [4.69, 9.17) is 28.2 Å². The van der Waals surface area contributed by atoms with Crippen molar-refractivity contribution in [3.63, 3.8) is 0 Å². The molecule has 0 aliphatic carbocycles. The van der Waals surface area contributed by atoms with Gasteiger partial charge in [-0.3, -0.25) is 10.5 Å². The van der Waals surface area contributed by atoms with Crippen molar-refractivity contribution in [1.29, 1.82) is 0 Å². The Balaban J connectivity index is 2.69. The minimum Gasteiger partial charge on any atom is -0.478 e. The first-order chi connectivity index (χ1) is 10.5. The summed E-state index contributed by atoms with van der Waals surface area (Å²) in [7, 11) is 0. The average Bonchev–Trinajstić information content (AvgIpc) is 2.47. The van der Waals surface area contributed by atoms with Gasteiger partial charge in [-0.25, -0.2) is 4.79 Å². The molecule has 0 heterocycles. The van der Waals surface area contributed by atoms with Crippen molar-refractivity contribution < 1.29 is 19.8 Å². The van der Waals surface area contributed by atoms with Crippen LogP contribution in [0.1, 0.15) is 32.3 Å². The molecule has 0 spiro atoms. The number of Topliss-reactive ketones (excluding diaryl/α,β-unsaturated/α-hetero) is 1. The number of aliphatic carboxylic acids is 1. The number of rotatable bonds is 8. The largest absolute Gasteiger partial charge is 0.478 e. The number of carboxylic acid groups (broad SMARTS) is 1. The highest BCUT2D eigenvalue weighted by molar-refractivity contribution is 6.31. The number of hydrogen-bond donors (Lipinski definition) is 4. The molecule has 0 bridgehead atoms. The molecule has 6 N–H and O–H groups in total. The van der Waals surface area contributed by atoms with Gasteiger partial charge in [-0.1, -0.05) is 43.6 Å². The SMILES string of the molecule is CC(C)(C(=O)CCCc1ccccc1Cl)C(N)C(N)(O)C(=O)O. The number of carboxylic acids is 1. The monoisotopic (exact) mass is 342 g/mol. The first-order valence-electron chi connectivity index (χ1n) is 7.28. The molecule has 0 aliphatic rings. The predicted octanol–water partition coefficient (Wildman–Crippen LogP) is 1.32. The molecule has 7 heteroatoms. The van der Waals surface area contributed by atoms with Crippen LogP contribution in [-0.4, -0.2) is 33.7 Å². The van der Waals surface area contributed by atoms with Crippen LogP contribution in [0.4, 0.5) is 0 Å². The van der Waals surface area contributed by atoms with Gasteiger partial charge in [0.15, 0.2) is 0 Å². The molecule has 1 rings (SSSR count). The number of carbonyl (C=O) groups is 2. The molecule has 0 aliphatic heterocycles. The summed E-state index contributed by atoms with van der Waals surface area (Å²) in [5.41, 5.74) is 8.06. The summed E-state index contributed by atoms with van der Waals surface area (Å²) >= 11 is 6.05. The normalized spacial score (nSPS) is 15.7. The first kappa shape index (κ1) is 19.6. The van der Waals surface area contributed by atoms with Crippen molar-refractivity contribution in [2.24, 2.45) is 16.9 Å². The lowest BCUT2D eigenvalue weighted by Crippen LogP contribution is -2.67. The Kier molecular flexibility index (Phi) is 6.30. The smallest absolute Gasteiger partial charge is 0.352 e. The lowest BCUT2D eigenvalue weighted by molar-refractivity contribution is -0.165. The molecular formula is C16H23ClN2O4. The maximum absolute atomic E-state index is 12.4. The lowest BCUT2D eigenvalue weighted by Gasteiger charge is -2.37. The number of nitrogens with two attached hydrogens (primary N) is 2. The van der Waals surface area contributed by atoms with Gasteiger partial charge in [0.1, 0.15) is 5.78 Å². The highest BCUT2D eigenvalue weighted by Gasteiger charge is 2.49. The lowest BCUT2D eigenvalue weighted by atomic mass is 9.74. The van der Waals surface area contributed by atoms with Gasteiger partial charge in [0, 0.05) is 16.9 Å². The highest BCUT2D eigenvalue weighted by atomic mass is 35.5. The van der Waals surface area contributed by atoms with Crippen molar-refractivity contribution in [3.8, 4) is 0 Å². The summed E-state index contributed by atoms with van der Waals surface area (Å²) in [6.07, 6.45) is 1.33. The molecule has 0 amide bonds. The van der Waals surface area contributed by atoms with E-state index in [9.17, 15) is 14.7 Å². The van der Waals surface area contributed by atoms with Crippen molar-refractivity contribution in [2.75, 3.05) is 0 Å². The van der Waals surface area contributed by atoms with Crippen LogP contribution in [0, 0.1) is 5.41 Å². The van der Waals surface area contributed by atoms with Crippen molar-refractivity contribution in [1.82, 2.24) is 0 Å². The van der Waals surface area contributed by atoms with Crippen LogP contribution in [0.2, 0.25) is 5.02 Å². The van der Waals surface area contributed by atoms with Gasteiger partial charge in [-0.05, 0) is 24.5 Å². The van der Waals surface area contributed by atoms with Gasteiger partial charge in [-0.15, -0.1) is 0 Å². The molecule has 0 radical (unpaired) electrons. The summed E-state index contributed by atoms with van der Waals surface area (Å²) in [6.45, 7) is 2.96. The number of ketones is 1. The molecule has 6 nitrogen and oxygen atoms in total. The van der Waals surface area contributed by atoms with E-state index in [0.717, 1.165) is 5.56 Å². The molecule has 1 aromatic carbocycles. The molecule has 1 aromatic rings. The van der Waals surface area contributed by atoms with E-state index < -0.39 is 23.2 Å². The van der Waals surface area contributed by atoms with Gasteiger partial charge >= 0.3 is 5.97 Å². The van der Waals surface area contributed by atoms with Gasteiger partial charge in [0.05, 0.1) is 6.04 Å². The fraction of sp³-hybridized carbons (Fsp3) is 0.500. The maximum atomic E-state index is 12.4. The number of aliphatic hydroxyl groups is 1. The third kappa shape index (κ3) is 4.51. The molecule has 2 atom stereocenters. The summed E-state index contributed by atoms with van der Waals surface area (Å²) in [6, 6.07) is 5.92. The fourth-order valence-electron chi connectivity index (χ4n) is 2.32. The quantitative estimate of drug-likeness (QED) is 0.528. The van der Waals surface area contributed by atoms with Gasteiger partial charge in [0.25, 0.3) is 0 Å². The zero-order chi connectivity index (χ0) is 17.8. The van der Waals surface area contributed by atoms with Crippen LogP contribution >= 0.6 is 11.6 Å². The van der Waals surface area contributed by atoms with Gasteiger partial charge < -0.3 is 15.9 Å². The topological polar surface area (TPSA) is 127 Å². The average molecular weight is 343 g/mol. The zero-order valence-electron chi connectivity index (χ0n) is 13.3. The minimum absolute atomic E-state index is 0.182. The first-order valence-corrected chi connectivity index (χ1v) is 7.66. The molecule has 128 valence electrons. The Labute approximate surface area is 140 Å². The van der Waals surface area contributed by atoms with Crippen LogP contribution < -0.4 is 11.5 Å². The molecule has 0 aromatic heterocycles. The van der Waals surface area contributed by atoms with Crippen molar-refractivity contribution in [2.45, 2.75) is 44.9 Å². The Hall–Kier alpha value is -1.47. The molecule has 0 fully saturated rings. The van der Waals surface area contributed by atoms with Crippen LogP contribution in [0.15, 0.2) is 24.3 Å². The standard InChI is InChI=1S/C16H23ClN2O4/c1-15(2,13(18)16(19,23)14(21)22)12(20)9-5-7-10-6-3-4-8-11(10)17/h3-4,6,8,13,23H,5,7,9,18-19H2,1-2H3,(H,21,22). The Morgan fingerprint density at radius 2 is 1.87 bits per heavy atom. The summed E-state index contributed by atoms with van der Waals surface area (Å²) in [5, 5.41) is 19.3. The van der Waals surface area contributed by atoms with Crippen molar-refractivity contribution in [3.05, 3.63) is 34.9 Å². The molecule has 0 saturated carbocycles. The number of aryl methyl sites for hydroxylation is 1. The van der Waals surface area contributed by atoms with Crippen LogP contribution in [0.3, 0.4) is 0 Å². The van der Waals surface area contributed by atoms with Crippen LogP contribution in [0.5, 0.6) is 0 Å². The summed E-state index contributed by atoms with van der Waals surface area (Å²) in [5.74, 6) is -1.93. The second-order valence-electron chi connectivity index (χ2n) is 6.20. The highest BCUT2D eigenvalue weighted by Crippen LogP contribution is 2.28. The molecule has 0 saturated heterocycles. The van der Waals surface area contributed by atoms with E-state index in [1.807, 2.05) is 18.2 Å². The Morgan fingerprint density at radius 1 is 1.30 bits per heavy atom. The van der Waals surface area contributed by atoms with Gasteiger partial charge in [0.2, 0.25) is 5.72 Å². The molecular weight excluding hydrogens is 320 g/mol. The summed E-state index contributed by atoms with van der Waals surface area (Å²) < 4.78 is 0. The number of carbonyl (C=O) groups excluding carboxylic acids is 1. The van der Waals surface area contributed by atoms with Crippen LogP contribution in [0.25, 0.3) is 0 Å². The fourth-order valence-corrected chi connectivity index (χ4v) is 2.55. The van der Waals surface area contributed by atoms with E-state index in [1.165, 1.54) is 13.8 Å². The molecule has 2 unspecified atom stereocenters. The minimum atomic E-state index is -2.66. The van der Waals surface area contributed by atoms with E-state index >= 15 is 0 Å². The number of hydrogen-bond acceptors (Lipinski definition) is 5. The van der Waals surface area contributed by atoms with Crippen molar-refractivity contribution >= 4 is 23.4 Å². The van der Waals surface area contributed by atoms with E-state index in [0.29, 0.717) is 17.9 Å². The number of benzene rings is 1. The van der Waals surface area contributed by atoms with Gasteiger partial charge in [-0.2, -0.15) is 0 Å². The third-order valence-electron chi connectivity index (χ3n) is 4.12. The Morgan fingerprint density at radius 3 is 2.39 bits per heavy atom. The van der Waals surface area contributed by atoms with Crippen LogP contribution in [-0.2, 0) is 16.0 Å². The maximum Gasteiger partial charge on any atom is 0.352 e. The van der Waals surface area contributed by atoms with E-state index in [2.05, 4.69) is 0 Å². The third-order valence-corrected chi connectivity index (χ3v) is 4.49. The number of halogens is 1. The Bertz CT molecular complexity index is 587. The van der Waals surface area contributed by atoms with E-state index in [1.54, 1.807) is 6.07 Å². The van der Waals surface area contributed by atoms with E-state index in [-0.39, 0.29) is 12.2 Å². The molecule has 23 heavy (non-hydrogen) atoms. The zero-order valence-corrected chi connectivity index (χ0v) is 14.0.